The Labute approximate surface area is 867 Å². The third-order valence-corrected chi connectivity index (χ3v) is 20.1. The van der Waals surface area contributed by atoms with E-state index in [4.69, 9.17) is 253 Å². The minimum atomic E-state index is -0.871. The Morgan fingerprint density at radius 3 is 1.15 bits per heavy atom. The summed E-state index contributed by atoms with van der Waals surface area (Å²) in [6, 6.07) is 32.4. The number of ether oxygens (including phenoxy) is 3. The fraction of sp³-hybridized carbons (Fsp3) is 0.320. The summed E-state index contributed by atoms with van der Waals surface area (Å²) in [5.41, 5.74) is 25.4. The number of primary amides is 4. The van der Waals surface area contributed by atoms with E-state index in [0.29, 0.717) is 129 Å². The first-order valence-electron chi connectivity index (χ1n) is 89.4. The number of hydrogen-bond acceptors (Lipinski definition) is 23. The van der Waals surface area contributed by atoms with Crippen LogP contribution in [0.5, 0.6) is 40.6 Å². The second-order valence-electron chi connectivity index (χ2n) is 27.8. The van der Waals surface area contributed by atoms with E-state index < -0.39 is 63.1 Å². The molecular formula is C75H200B5Br2ClN8NaO19. The molecule has 3 fully saturated rings. The molecule has 4 aromatic carbocycles. The number of carbonyl (C=O) groups is 7. The van der Waals surface area contributed by atoms with E-state index in [2.05, 4.69) is 51.8 Å². The van der Waals surface area contributed by atoms with Gasteiger partial charge in [0, 0.05) is 219 Å². The zero-order valence-corrected chi connectivity index (χ0v) is 69.9. The maximum Gasteiger partial charge on any atom is 1.00 e. The molecule has 691 valence electrons. The van der Waals surface area contributed by atoms with Crippen molar-refractivity contribution in [2.45, 2.75) is 158 Å². The Morgan fingerprint density at radius 1 is 0.486 bits per heavy atom. The van der Waals surface area contributed by atoms with Crippen LogP contribution in [0.4, 0.5) is 0 Å². The molecule has 111 heavy (non-hydrogen) atoms. The van der Waals surface area contributed by atoms with Crippen LogP contribution in [0, 0.1) is 27.7 Å². The standard InChI is InChI=1S/C20H23BN2O5.C14H13BN2O4.C14H11BrN2O3.C12H24B2O4.C7H5BrO2.C7H7ClN2O.CH4.B.Na.56H2.H/c1-12-15(18(22)25)7-9-17(23-12)26-14-6-8-16(13(10-14)11-24)21-27-19(2,3)20(4,5)28-21;1-8-11(14(16)18)3-5-13(17-8)21-10-2-4-12-9(6-10)7-20-15(12)19;1-8-11(14(16)19)3-5-13(17-8)20-10-2-4-12(15)9(6-10)7-18;1-9(2)10(3,4)16-13(15-9)14-17-11(5,6)12(7,8)18-14;8-7-2-1-6(10)3-5(7)4-9;1-4-5(7(9)11)2-3-6(8)10-4;;;;;;;;;;;;;;;;;;;;;;;;;;;;;;;;;;;;;;;;;;;;;;;;;;;;;;;;;;;;/h6-11H,1-5H3,(H2,22,25);2-6,19H,7H2,1H3,(H2,16,18);2-7H,1H3,(H2,16,19);1-8H3;1-4,10H;2-3H,1H3,(H2,9,11);1H4;;;56*1H;/q;;;;;;;;+1;;;;;;;;;;;;;;;;;;;;;;;;;;;;;;;;;;;;;;;;;;;;;;;;;;;;;;;;;-1/i;;;;;;;;;56*1+1D;. The average Bonchev–Trinajstić information content (AvgIpc) is 1.59. The van der Waals surface area contributed by atoms with Crippen LogP contribution < -0.4 is 77.6 Å². The third-order valence-electron chi connectivity index (χ3n) is 18.4. The number of fused-ring (bicyclic) bond motifs is 1. The van der Waals surface area contributed by atoms with E-state index in [1.807, 2.05) is 83.1 Å². The van der Waals surface area contributed by atoms with Gasteiger partial charge in [-0.2, -0.15) is 0 Å². The van der Waals surface area contributed by atoms with Gasteiger partial charge in [-0.1, -0.05) is 63.0 Å². The van der Waals surface area contributed by atoms with Crippen LogP contribution in [0.2, 0.25) is 5.15 Å². The van der Waals surface area contributed by atoms with Crippen molar-refractivity contribution in [1.29, 1.82) is 0 Å². The molecule has 0 atom stereocenters. The number of halogens is 3. The van der Waals surface area contributed by atoms with Crippen LogP contribution in [-0.4, -0.2) is 143 Å². The van der Waals surface area contributed by atoms with Crippen LogP contribution in [0.1, 0.15) is 359 Å². The van der Waals surface area contributed by atoms with Gasteiger partial charge >= 0.3 is 57.8 Å². The second kappa shape index (κ2) is 39.5. The average molecular weight is 1900 g/mol. The number of amides is 4. The number of benzene rings is 4. The van der Waals surface area contributed by atoms with Gasteiger partial charge in [0.25, 0.3) is 23.6 Å². The molecule has 3 radical (unpaired) electrons. The van der Waals surface area contributed by atoms with E-state index in [-0.39, 0.29) is 75.0 Å². The SMILES string of the molecule is C.CC1(C)OB(B2OC(C)(C)C(C)(C)O2)OC1(C)C.Cc1nc(Cl)ccc1C(N)=O.Cc1nc(Oc2ccc(B3OC(C)(C)C(C)(C)O3)c(C=O)c2)ccc1C(N)=O.Cc1nc(Oc2ccc(Br)c(C=O)c2)ccc1C(N)=O.Cc1nc(Oc2ccc3c(c2)COB3O)ccc1C(N)=O.O=Cc1cc(O)ccc1Br.[2H][2H].[2H][2H].[2H][2H].[2H][2H].[2H][2H].[2H][2H].[2H][2H].[2H][2H].[2H][2H].[2H][2H].[2H][2H].[2H][2H].[2H][2H].[2H][2H].[2H][2H].[2H][2H].[2H][2H].[2H][2H].[2H][2H].[2H][2H].[2H][2H].[2H][2H].[2H][2H].[2H][2H].[2H][2H].[2H][2H].[2H][2H].[2H][2H].[2H][2H].[2H][2H].[2H][2H].[2H][2H].[2H][2H].[2H][2H].[2H][2H].[2H][2H].[2H][2H].[2H][2H].[2H][2H].[2H][2H].[2H][2H].[2H][2H].[2H][2H].[2H][2H].[2H][2H].[2H][2H].[2H][2H].[2H][2H].[2H][2H].[2H][2H].[2H][2H].[2H][2H].[2H][2H].[2H][2H].[2H][2H].[2H][2H].[B].[H-].[Na+]. The van der Waals surface area contributed by atoms with E-state index in [1.165, 1.54) is 18.2 Å². The topological polar surface area (TPSA) is 408 Å². The molecule has 36 heteroatoms. The molecule has 8 aromatic rings. The Kier molecular flexibility index (Phi) is 14.5. The van der Waals surface area contributed by atoms with Crippen molar-refractivity contribution >= 4 is 134 Å². The summed E-state index contributed by atoms with van der Waals surface area (Å²) in [6.45, 7) is 31.1. The summed E-state index contributed by atoms with van der Waals surface area (Å²) in [4.78, 5) is 93.4. The fourth-order valence-electron chi connectivity index (χ4n) is 10.2. The van der Waals surface area contributed by atoms with Crippen molar-refractivity contribution in [3.8, 4) is 40.6 Å². The Bertz CT molecular complexity index is 4870. The van der Waals surface area contributed by atoms with Gasteiger partial charge in [0.05, 0.1) is 85.2 Å². The maximum atomic E-state index is 11.7. The van der Waals surface area contributed by atoms with Crippen molar-refractivity contribution in [2.75, 3.05) is 0 Å². The second-order valence-corrected chi connectivity index (χ2v) is 29.9. The summed E-state index contributed by atoms with van der Waals surface area (Å²) in [7, 11) is -2.47. The number of nitrogens with two attached hydrogens (primary N) is 4. The summed E-state index contributed by atoms with van der Waals surface area (Å²) in [6.07, 6.45) is 2.15. The molecule has 0 unspecified atom stereocenters. The van der Waals surface area contributed by atoms with Crippen LogP contribution >= 0.6 is 43.5 Å². The normalized spacial score (nSPS) is 19.7. The first kappa shape index (κ1) is 40.7. The summed E-state index contributed by atoms with van der Waals surface area (Å²) in [5, 5.41) is 18.8. The molecule has 0 bridgehead atoms. The minimum absolute atomic E-state index is 0. The predicted molar refractivity (Wildman–Crippen MR) is 546 cm³/mol. The fourth-order valence-corrected chi connectivity index (χ4v) is 11.1. The monoisotopic (exact) mass is 1900 g/mol. The van der Waals surface area contributed by atoms with Crippen molar-refractivity contribution in [2.24, 2.45) is 22.9 Å². The summed E-state index contributed by atoms with van der Waals surface area (Å²) >= 11 is 12.0. The van der Waals surface area contributed by atoms with Gasteiger partial charge in [0.1, 0.15) is 34.4 Å². The minimum Gasteiger partial charge on any atom is -1.00 e. The molecular weight excluding hydrogens is 1590 g/mol. The number of phenols is 1. The first-order valence-corrected chi connectivity index (χ1v) is 35.3. The molecule has 0 aliphatic carbocycles. The molecule has 12 rings (SSSR count). The van der Waals surface area contributed by atoms with Crippen LogP contribution in [0.15, 0.2) is 130 Å². The third kappa shape index (κ3) is 24.4. The van der Waals surface area contributed by atoms with Gasteiger partial charge in [0.2, 0.25) is 17.6 Å². The van der Waals surface area contributed by atoms with Gasteiger partial charge in [-0.05, 0) is 218 Å². The Morgan fingerprint density at radius 2 is 0.802 bits per heavy atom. The number of nitrogens with zero attached hydrogens (tertiary/aromatic N) is 4. The number of aldehydes is 3. The van der Waals surface area contributed by atoms with Crippen LogP contribution in [0.25, 0.3) is 0 Å². The molecule has 4 aliphatic heterocycles. The quantitative estimate of drug-likeness (QED) is 0.0315. The van der Waals surface area contributed by atoms with Crippen molar-refractivity contribution < 1.29 is 288 Å². The molecule has 8 heterocycles. The maximum absolute atomic E-state index is 11.7. The summed E-state index contributed by atoms with van der Waals surface area (Å²) in [5.74, 6) is 0.513. The van der Waals surface area contributed by atoms with Crippen molar-refractivity contribution in [1.82, 2.24) is 19.9 Å². The summed E-state index contributed by atoms with van der Waals surface area (Å²) < 4.78 is 619. The van der Waals surface area contributed by atoms with Crippen molar-refractivity contribution in [3.05, 3.63) is 203 Å². The smallest absolute Gasteiger partial charge is 1.00 e. The number of hydrogen-bond donors (Lipinski definition) is 6. The number of aromatic hydroxyl groups is 1. The predicted octanol–water partition coefficient (Wildman–Crippen LogP) is 22.3. The first-order chi connectivity index (χ1) is 106. The van der Waals surface area contributed by atoms with E-state index in [1.54, 1.807) is 131 Å². The number of aryl methyl sites for hydroxylation is 4. The van der Waals surface area contributed by atoms with Gasteiger partial charge in [-0.3, -0.25) is 33.6 Å². The Hall–Kier alpha value is -8.18. The van der Waals surface area contributed by atoms with Gasteiger partial charge in [-0.25, -0.2) is 19.9 Å². The van der Waals surface area contributed by atoms with E-state index >= 15 is 0 Å². The van der Waals surface area contributed by atoms with Crippen LogP contribution in [-0.2, 0) is 39.2 Å². The number of rotatable bonds is 15. The molecule has 4 aromatic heterocycles. The number of pyridine rings is 4. The van der Waals surface area contributed by atoms with E-state index in [0.717, 1.165) is 23.6 Å². The number of phenolic OH excluding ortho intramolecular Hbond substituents is 1. The largest absolute Gasteiger partial charge is 1.00 e. The van der Waals surface area contributed by atoms with E-state index in [9.17, 15) is 38.6 Å². The van der Waals surface area contributed by atoms with Gasteiger partial charge in [0.15, 0.2) is 12.6 Å². The van der Waals surface area contributed by atoms with Gasteiger partial charge < -0.3 is 81.3 Å². The number of carbonyl (C=O) groups excluding carboxylic acids is 7. The van der Waals surface area contributed by atoms with Crippen LogP contribution in [0.3, 0.4) is 0 Å². The molecule has 4 aliphatic rings. The zero-order valence-electron chi connectivity index (χ0n) is 177. The molecule has 27 nitrogen and oxygen atoms in total. The van der Waals surface area contributed by atoms with Gasteiger partial charge in [-0.15, -0.1) is 0 Å². The Balaban J connectivity index is -0.0000000266. The molecule has 0 saturated carbocycles. The van der Waals surface area contributed by atoms with Crippen molar-refractivity contribution in [3.63, 3.8) is 0 Å². The number of aromatic nitrogens is 4. The zero-order chi connectivity index (χ0) is 192. The molecule has 0 spiro atoms. The molecule has 3 saturated heterocycles. The molecule has 4 amide bonds. The molecule has 10 N–H and O–H groups in total.